The molecule has 32 heavy (non-hydrogen) atoms. The van der Waals surface area contributed by atoms with Crippen molar-refractivity contribution >= 4 is 22.5 Å². The summed E-state index contributed by atoms with van der Waals surface area (Å²) in [5, 5.41) is 5.42. The number of hydrogen-bond donors (Lipinski definition) is 1. The summed E-state index contributed by atoms with van der Waals surface area (Å²) < 4.78 is 17.4. The molecule has 3 heterocycles. The highest BCUT2D eigenvalue weighted by Gasteiger charge is 2.29. The molecule has 1 saturated carbocycles. The Morgan fingerprint density at radius 2 is 1.69 bits per heavy atom. The normalized spacial score (nSPS) is 24.9. The number of nitrogens with zero attached hydrogens (tertiary/aromatic N) is 2. The Balaban J connectivity index is 1.23. The van der Waals surface area contributed by atoms with Crippen molar-refractivity contribution in [1.82, 2.24) is 10.3 Å². The molecule has 7 nitrogen and oxygen atoms in total. The van der Waals surface area contributed by atoms with Gasteiger partial charge in [0.15, 0.2) is 0 Å². The first-order valence-electron chi connectivity index (χ1n) is 12.0. The number of pyridine rings is 1. The summed E-state index contributed by atoms with van der Waals surface area (Å²) in [5.74, 6) is 1.95. The molecule has 1 aromatic carbocycles. The number of ether oxygens (including phenoxy) is 3. The lowest BCUT2D eigenvalue weighted by molar-refractivity contribution is -0.127. The SMILES string of the molecule is O=C(NC1CCOCC1)C1CCC(Oc2nc(N3CCOCC3)cc3ccccc23)CC1. The fourth-order valence-electron chi connectivity index (χ4n) is 4.96. The number of amides is 1. The van der Waals surface area contributed by atoms with Gasteiger partial charge >= 0.3 is 0 Å². The van der Waals surface area contributed by atoms with Gasteiger partial charge in [-0.2, -0.15) is 4.98 Å². The summed E-state index contributed by atoms with van der Waals surface area (Å²) in [6.45, 7) is 4.64. The van der Waals surface area contributed by atoms with Crippen LogP contribution >= 0.6 is 0 Å². The molecule has 0 unspecified atom stereocenters. The molecule has 3 aliphatic rings. The van der Waals surface area contributed by atoms with E-state index >= 15 is 0 Å². The van der Waals surface area contributed by atoms with Gasteiger partial charge in [0.05, 0.1) is 13.2 Å². The van der Waals surface area contributed by atoms with E-state index < -0.39 is 0 Å². The number of nitrogens with one attached hydrogen (secondary N) is 1. The minimum atomic E-state index is 0.0853. The first-order valence-corrected chi connectivity index (χ1v) is 12.0. The van der Waals surface area contributed by atoms with E-state index in [1.807, 2.05) is 6.07 Å². The maximum atomic E-state index is 12.7. The summed E-state index contributed by atoms with van der Waals surface area (Å²) in [7, 11) is 0. The Hall–Kier alpha value is -2.38. The molecule has 2 aromatic rings. The monoisotopic (exact) mass is 439 g/mol. The molecular formula is C25H33N3O4. The highest BCUT2D eigenvalue weighted by molar-refractivity contribution is 5.89. The third-order valence-corrected chi connectivity index (χ3v) is 6.92. The molecule has 1 aliphatic carbocycles. The fourth-order valence-corrected chi connectivity index (χ4v) is 4.96. The Morgan fingerprint density at radius 3 is 2.47 bits per heavy atom. The van der Waals surface area contributed by atoms with Crippen molar-refractivity contribution in [3.05, 3.63) is 30.3 Å². The lowest BCUT2D eigenvalue weighted by Gasteiger charge is -2.31. The van der Waals surface area contributed by atoms with Crippen molar-refractivity contribution in [2.24, 2.45) is 5.92 Å². The molecule has 1 amide bonds. The first kappa shape index (κ1) is 21.5. The number of aromatic nitrogens is 1. The third kappa shape index (κ3) is 4.99. The number of carbonyl (C=O) groups is 1. The molecule has 0 bridgehead atoms. The Bertz CT molecular complexity index is 917. The largest absolute Gasteiger partial charge is 0.474 e. The maximum absolute atomic E-state index is 12.7. The second-order valence-corrected chi connectivity index (χ2v) is 9.09. The van der Waals surface area contributed by atoms with Gasteiger partial charge in [-0.25, -0.2) is 0 Å². The number of fused-ring (bicyclic) bond motifs is 1. The first-order chi connectivity index (χ1) is 15.8. The highest BCUT2D eigenvalue weighted by atomic mass is 16.5. The quantitative estimate of drug-likeness (QED) is 0.771. The van der Waals surface area contributed by atoms with Crippen molar-refractivity contribution in [3.63, 3.8) is 0 Å². The number of benzene rings is 1. The van der Waals surface area contributed by atoms with Crippen molar-refractivity contribution in [3.8, 4) is 5.88 Å². The van der Waals surface area contributed by atoms with Crippen LogP contribution < -0.4 is 15.0 Å². The van der Waals surface area contributed by atoms with E-state index in [0.29, 0.717) is 5.88 Å². The number of carbonyl (C=O) groups excluding carboxylic acids is 1. The summed E-state index contributed by atoms with van der Waals surface area (Å²) in [5.41, 5.74) is 0. The lowest BCUT2D eigenvalue weighted by atomic mass is 9.86. The van der Waals surface area contributed by atoms with Gasteiger partial charge in [0.2, 0.25) is 11.8 Å². The molecule has 172 valence electrons. The van der Waals surface area contributed by atoms with Gasteiger partial charge in [-0.05, 0) is 56.0 Å². The van der Waals surface area contributed by atoms with Crippen LogP contribution in [0.2, 0.25) is 0 Å². The molecule has 5 rings (SSSR count). The zero-order chi connectivity index (χ0) is 21.8. The number of morpholine rings is 1. The molecule has 2 aliphatic heterocycles. The molecule has 1 N–H and O–H groups in total. The standard InChI is InChI=1S/C25H33N3O4/c29-24(26-20-9-13-30-14-10-20)18-5-7-21(8-6-18)32-25-22-4-2-1-3-19(22)17-23(27-25)28-11-15-31-16-12-28/h1-4,17-18,20-21H,5-16H2,(H,26,29). The van der Waals surface area contributed by atoms with Crippen LogP contribution in [0.1, 0.15) is 38.5 Å². The minimum absolute atomic E-state index is 0.0853. The number of rotatable bonds is 5. The van der Waals surface area contributed by atoms with Gasteiger partial charge in [-0.1, -0.05) is 18.2 Å². The smallest absolute Gasteiger partial charge is 0.223 e. The van der Waals surface area contributed by atoms with E-state index in [0.717, 1.165) is 94.6 Å². The summed E-state index contributed by atoms with van der Waals surface area (Å²) in [4.78, 5) is 19.9. The molecule has 0 spiro atoms. The van der Waals surface area contributed by atoms with Crippen LogP contribution in [0.15, 0.2) is 30.3 Å². The van der Waals surface area contributed by atoms with Crippen LogP contribution in [-0.2, 0) is 14.3 Å². The van der Waals surface area contributed by atoms with E-state index in [1.165, 1.54) is 0 Å². The highest BCUT2D eigenvalue weighted by Crippen LogP contribution is 2.33. The maximum Gasteiger partial charge on any atom is 0.223 e. The Labute approximate surface area is 189 Å². The van der Waals surface area contributed by atoms with E-state index in [4.69, 9.17) is 19.2 Å². The van der Waals surface area contributed by atoms with Crippen LogP contribution in [0.4, 0.5) is 5.82 Å². The van der Waals surface area contributed by atoms with E-state index in [-0.39, 0.29) is 24.0 Å². The Morgan fingerprint density at radius 1 is 0.969 bits per heavy atom. The third-order valence-electron chi connectivity index (χ3n) is 6.92. The second-order valence-electron chi connectivity index (χ2n) is 9.09. The lowest BCUT2D eigenvalue weighted by Crippen LogP contribution is -2.43. The van der Waals surface area contributed by atoms with Gasteiger partial charge in [-0.15, -0.1) is 0 Å². The van der Waals surface area contributed by atoms with E-state index in [2.05, 4.69) is 34.5 Å². The van der Waals surface area contributed by atoms with Crippen molar-refractivity contribution < 1.29 is 19.0 Å². The average Bonchev–Trinajstić information content (AvgIpc) is 2.85. The average molecular weight is 440 g/mol. The number of anilines is 1. The Kier molecular flexibility index (Phi) is 6.74. The van der Waals surface area contributed by atoms with Gasteiger partial charge in [0.25, 0.3) is 0 Å². The van der Waals surface area contributed by atoms with Crippen LogP contribution in [-0.4, -0.2) is 62.6 Å². The molecule has 2 saturated heterocycles. The summed E-state index contributed by atoms with van der Waals surface area (Å²) in [6, 6.07) is 10.7. The van der Waals surface area contributed by atoms with Crippen LogP contribution in [0.5, 0.6) is 5.88 Å². The van der Waals surface area contributed by atoms with E-state index in [9.17, 15) is 4.79 Å². The predicted octanol–water partition coefficient (Wildman–Crippen LogP) is 3.30. The van der Waals surface area contributed by atoms with E-state index in [1.54, 1.807) is 0 Å². The van der Waals surface area contributed by atoms with Crippen LogP contribution in [0.3, 0.4) is 0 Å². The van der Waals surface area contributed by atoms with Gasteiger partial charge < -0.3 is 24.4 Å². The van der Waals surface area contributed by atoms with Gasteiger partial charge in [0, 0.05) is 43.6 Å². The molecule has 0 atom stereocenters. The van der Waals surface area contributed by atoms with Gasteiger partial charge in [-0.3, -0.25) is 4.79 Å². The minimum Gasteiger partial charge on any atom is -0.474 e. The summed E-state index contributed by atoms with van der Waals surface area (Å²) in [6.07, 6.45) is 5.41. The fraction of sp³-hybridized carbons (Fsp3) is 0.600. The molecular weight excluding hydrogens is 406 g/mol. The van der Waals surface area contributed by atoms with Crippen LogP contribution in [0, 0.1) is 5.92 Å². The predicted molar refractivity (Wildman–Crippen MR) is 123 cm³/mol. The van der Waals surface area contributed by atoms with Crippen molar-refractivity contribution in [1.29, 1.82) is 0 Å². The van der Waals surface area contributed by atoms with Gasteiger partial charge in [0.1, 0.15) is 11.9 Å². The zero-order valence-electron chi connectivity index (χ0n) is 18.6. The van der Waals surface area contributed by atoms with Crippen molar-refractivity contribution in [2.45, 2.75) is 50.7 Å². The van der Waals surface area contributed by atoms with Crippen molar-refractivity contribution in [2.75, 3.05) is 44.4 Å². The topological polar surface area (TPSA) is 72.9 Å². The van der Waals surface area contributed by atoms with Crippen LogP contribution in [0.25, 0.3) is 10.8 Å². The number of hydrogen-bond acceptors (Lipinski definition) is 6. The molecule has 1 aromatic heterocycles. The molecule has 0 radical (unpaired) electrons. The second kappa shape index (κ2) is 10.0. The molecule has 7 heteroatoms. The zero-order valence-corrected chi connectivity index (χ0v) is 18.6. The molecule has 3 fully saturated rings. The summed E-state index contributed by atoms with van der Waals surface area (Å²) >= 11 is 0.